The third-order valence-electron chi connectivity index (χ3n) is 4.64. The van der Waals surface area contributed by atoms with Gasteiger partial charge in [-0.05, 0) is 18.2 Å². The van der Waals surface area contributed by atoms with Crippen molar-refractivity contribution >= 4 is 17.4 Å². The Kier molecular flexibility index (Phi) is 5.21. The first-order valence-electron chi connectivity index (χ1n) is 9.10. The summed E-state index contributed by atoms with van der Waals surface area (Å²) in [5, 5.41) is 14.1. The molecule has 1 aliphatic rings. The van der Waals surface area contributed by atoms with Gasteiger partial charge in [0.2, 0.25) is 0 Å². The molecular weight excluding hydrogens is 420 g/mol. The number of hydrogen-bond acceptors (Lipinski definition) is 6. The smallest absolute Gasteiger partial charge is 0.416 e. The Morgan fingerprint density at radius 1 is 1.19 bits per heavy atom. The van der Waals surface area contributed by atoms with Gasteiger partial charge in [-0.1, -0.05) is 0 Å². The fourth-order valence-corrected chi connectivity index (χ4v) is 3.20. The molecule has 12 heteroatoms. The fourth-order valence-electron chi connectivity index (χ4n) is 3.20. The summed E-state index contributed by atoms with van der Waals surface area (Å²) in [5.41, 5.74) is -0.344. The summed E-state index contributed by atoms with van der Waals surface area (Å²) in [6.45, 7) is 0.572. The third-order valence-corrected chi connectivity index (χ3v) is 4.64. The lowest BCUT2D eigenvalue weighted by Crippen LogP contribution is -2.55. The standard InChI is InChI=1S/C19H16F4N6O2/c1-28-18(16(8-26-28)17(30)27-13-2-3-24-25-7-13)29-9-15(10-29)31-14-5-11(19(21,22)23)4-12(20)6-14/h2-8,15H,9-10H2,1H3,(H,24,27,30). The Bertz CT molecular complexity index is 1100. The van der Waals surface area contributed by atoms with E-state index in [1.807, 2.05) is 0 Å². The van der Waals surface area contributed by atoms with Crippen LogP contribution in [0.15, 0.2) is 42.9 Å². The zero-order valence-corrected chi connectivity index (χ0v) is 16.1. The van der Waals surface area contributed by atoms with Crippen LogP contribution in [0, 0.1) is 5.82 Å². The number of amides is 1. The van der Waals surface area contributed by atoms with Crippen LogP contribution in [-0.4, -0.2) is 45.1 Å². The second-order valence-corrected chi connectivity index (χ2v) is 6.91. The fraction of sp³-hybridized carbons (Fsp3) is 0.263. The highest BCUT2D eigenvalue weighted by atomic mass is 19.4. The number of carbonyl (C=O) groups is 1. The van der Waals surface area contributed by atoms with Crippen molar-refractivity contribution in [1.82, 2.24) is 20.0 Å². The van der Waals surface area contributed by atoms with Gasteiger partial charge < -0.3 is 15.0 Å². The second-order valence-electron chi connectivity index (χ2n) is 6.91. The normalized spacial score (nSPS) is 14.3. The van der Waals surface area contributed by atoms with E-state index in [1.54, 1.807) is 18.0 Å². The summed E-state index contributed by atoms with van der Waals surface area (Å²) in [6.07, 6.45) is -0.898. The van der Waals surface area contributed by atoms with Gasteiger partial charge in [0.1, 0.15) is 29.1 Å². The van der Waals surface area contributed by atoms with Crippen molar-refractivity contribution in [2.45, 2.75) is 12.3 Å². The molecule has 4 rings (SSSR count). The Morgan fingerprint density at radius 2 is 1.97 bits per heavy atom. The molecule has 0 atom stereocenters. The highest BCUT2D eigenvalue weighted by Crippen LogP contribution is 2.34. The topological polar surface area (TPSA) is 85.2 Å². The van der Waals surface area contributed by atoms with E-state index < -0.39 is 29.6 Å². The van der Waals surface area contributed by atoms with Crippen LogP contribution >= 0.6 is 0 Å². The van der Waals surface area contributed by atoms with Crippen LogP contribution in [0.1, 0.15) is 15.9 Å². The molecule has 1 aliphatic heterocycles. The van der Waals surface area contributed by atoms with E-state index in [4.69, 9.17) is 4.74 Å². The Balaban J connectivity index is 1.44. The Morgan fingerprint density at radius 3 is 2.65 bits per heavy atom. The molecule has 2 aromatic heterocycles. The number of aryl methyl sites for hydroxylation is 1. The first-order chi connectivity index (χ1) is 14.7. The van der Waals surface area contributed by atoms with Crippen LogP contribution in [0.25, 0.3) is 0 Å². The van der Waals surface area contributed by atoms with Gasteiger partial charge >= 0.3 is 6.18 Å². The number of rotatable bonds is 5. The van der Waals surface area contributed by atoms with Crippen LogP contribution < -0.4 is 15.0 Å². The number of carbonyl (C=O) groups excluding carboxylic acids is 1. The number of anilines is 2. The number of alkyl halides is 3. The van der Waals surface area contributed by atoms with Crippen molar-refractivity contribution in [2.24, 2.45) is 7.05 Å². The third kappa shape index (κ3) is 4.42. The van der Waals surface area contributed by atoms with Crippen LogP contribution in [0.4, 0.5) is 29.1 Å². The molecule has 1 aromatic carbocycles. The van der Waals surface area contributed by atoms with Crippen molar-refractivity contribution in [2.75, 3.05) is 23.3 Å². The highest BCUT2D eigenvalue weighted by molar-refractivity contribution is 6.07. The lowest BCUT2D eigenvalue weighted by molar-refractivity contribution is -0.137. The minimum Gasteiger partial charge on any atom is -0.487 e. The molecule has 1 fully saturated rings. The molecule has 8 nitrogen and oxygen atoms in total. The first kappa shape index (κ1) is 20.6. The van der Waals surface area contributed by atoms with E-state index in [9.17, 15) is 22.4 Å². The number of hydrogen-bond donors (Lipinski definition) is 1. The van der Waals surface area contributed by atoms with Crippen molar-refractivity contribution in [3.8, 4) is 5.75 Å². The average Bonchev–Trinajstić information content (AvgIpc) is 3.05. The molecule has 3 heterocycles. The lowest BCUT2D eigenvalue weighted by atomic mass is 10.1. The average molecular weight is 436 g/mol. The molecular formula is C19H16F4N6O2. The molecule has 0 unspecified atom stereocenters. The molecule has 31 heavy (non-hydrogen) atoms. The quantitative estimate of drug-likeness (QED) is 0.620. The molecule has 1 N–H and O–H groups in total. The molecule has 0 saturated carbocycles. The minimum atomic E-state index is -4.67. The van der Waals surface area contributed by atoms with Gasteiger partial charge in [0.25, 0.3) is 5.91 Å². The number of aromatic nitrogens is 4. The monoisotopic (exact) mass is 436 g/mol. The van der Waals surface area contributed by atoms with Gasteiger partial charge in [0.15, 0.2) is 0 Å². The van der Waals surface area contributed by atoms with E-state index in [1.165, 1.54) is 23.3 Å². The van der Waals surface area contributed by atoms with Crippen LogP contribution in [0.3, 0.4) is 0 Å². The maximum absolute atomic E-state index is 13.5. The molecule has 0 bridgehead atoms. The predicted octanol–water partition coefficient (Wildman–Crippen LogP) is 2.89. The predicted molar refractivity (Wildman–Crippen MR) is 101 cm³/mol. The molecule has 1 saturated heterocycles. The number of nitrogens with one attached hydrogen (secondary N) is 1. The lowest BCUT2D eigenvalue weighted by Gasteiger charge is -2.40. The molecule has 1 amide bonds. The van der Waals surface area contributed by atoms with Crippen molar-refractivity contribution in [1.29, 1.82) is 0 Å². The highest BCUT2D eigenvalue weighted by Gasteiger charge is 2.35. The van der Waals surface area contributed by atoms with Crippen molar-refractivity contribution < 1.29 is 27.1 Å². The maximum atomic E-state index is 13.5. The van der Waals surface area contributed by atoms with E-state index in [0.29, 0.717) is 23.1 Å². The number of nitrogens with zero attached hydrogens (tertiary/aromatic N) is 5. The summed E-state index contributed by atoms with van der Waals surface area (Å²) in [6, 6.07) is 3.67. The van der Waals surface area contributed by atoms with E-state index in [0.717, 1.165) is 12.1 Å². The van der Waals surface area contributed by atoms with Gasteiger partial charge in [-0.25, -0.2) is 4.39 Å². The van der Waals surface area contributed by atoms with Gasteiger partial charge in [-0.2, -0.15) is 28.5 Å². The number of benzene rings is 1. The van der Waals surface area contributed by atoms with Gasteiger partial charge in [-0.15, -0.1) is 0 Å². The van der Waals surface area contributed by atoms with Crippen LogP contribution in [0.5, 0.6) is 5.75 Å². The molecule has 0 radical (unpaired) electrons. The molecule has 3 aromatic rings. The largest absolute Gasteiger partial charge is 0.487 e. The molecule has 162 valence electrons. The van der Waals surface area contributed by atoms with Gasteiger partial charge in [0, 0.05) is 13.1 Å². The van der Waals surface area contributed by atoms with Gasteiger partial charge in [0.05, 0.1) is 42.9 Å². The van der Waals surface area contributed by atoms with E-state index in [2.05, 4.69) is 20.6 Å². The summed E-state index contributed by atoms with van der Waals surface area (Å²) in [5.74, 6) is -1.11. The summed E-state index contributed by atoms with van der Waals surface area (Å²) < 4.78 is 59.2. The molecule has 0 spiro atoms. The zero-order chi connectivity index (χ0) is 22.2. The van der Waals surface area contributed by atoms with Gasteiger partial charge in [-0.3, -0.25) is 9.48 Å². The summed E-state index contributed by atoms with van der Waals surface area (Å²) in [7, 11) is 1.66. The SMILES string of the molecule is Cn1ncc(C(=O)Nc2ccnnc2)c1N1CC(Oc2cc(F)cc(C(F)(F)F)c2)C1. The Labute approximate surface area is 173 Å². The maximum Gasteiger partial charge on any atom is 0.416 e. The van der Waals surface area contributed by atoms with E-state index >= 15 is 0 Å². The molecule has 0 aliphatic carbocycles. The Hall–Kier alpha value is -3.70. The zero-order valence-electron chi connectivity index (χ0n) is 16.1. The van der Waals surface area contributed by atoms with Crippen molar-refractivity contribution in [3.05, 3.63) is 59.8 Å². The van der Waals surface area contributed by atoms with Crippen LogP contribution in [0.2, 0.25) is 0 Å². The van der Waals surface area contributed by atoms with Crippen molar-refractivity contribution in [3.63, 3.8) is 0 Å². The second kappa shape index (κ2) is 7.85. The minimum absolute atomic E-state index is 0.204. The summed E-state index contributed by atoms with van der Waals surface area (Å²) in [4.78, 5) is 14.4. The number of ether oxygens (including phenoxy) is 1. The van der Waals surface area contributed by atoms with Crippen LogP contribution in [-0.2, 0) is 13.2 Å². The van der Waals surface area contributed by atoms with E-state index in [-0.39, 0.29) is 18.8 Å². The summed E-state index contributed by atoms with van der Waals surface area (Å²) >= 11 is 0. The number of halogens is 4. The first-order valence-corrected chi connectivity index (χ1v) is 9.10.